The zero-order valence-corrected chi connectivity index (χ0v) is 14.5. The summed E-state index contributed by atoms with van der Waals surface area (Å²) in [7, 11) is -3.23. The average molecular weight is 360 g/mol. The molecule has 0 radical (unpaired) electrons. The third-order valence-electron chi connectivity index (χ3n) is 3.81. The summed E-state index contributed by atoms with van der Waals surface area (Å²) >= 11 is 3.43. The molecule has 1 aliphatic rings. The highest BCUT2D eigenvalue weighted by atomic mass is 79.9. The maximum Gasteiger partial charge on any atom is 0.181 e. The lowest BCUT2D eigenvalue weighted by atomic mass is 10.2. The second kappa shape index (κ2) is 6.48. The van der Waals surface area contributed by atoms with Crippen LogP contribution in [-0.4, -0.2) is 26.8 Å². The molecule has 0 N–H and O–H groups in total. The van der Waals surface area contributed by atoms with Gasteiger partial charge in [0.05, 0.1) is 10.1 Å². The predicted molar refractivity (Wildman–Crippen MR) is 87.1 cm³/mol. The molecule has 0 spiro atoms. The third kappa shape index (κ3) is 3.37. The summed E-state index contributed by atoms with van der Waals surface area (Å²) in [5.74, 6) is 0. The molecule has 1 heterocycles. The Bertz CT molecular complexity index is 561. The Labute approximate surface area is 130 Å². The highest BCUT2D eigenvalue weighted by Gasteiger charge is 2.22. The van der Waals surface area contributed by atoms with Gasteiger partial charge in [-0.3, -0.25) is 0 Å². The van der Waals surface area contributed by atoms with Crippen LogP contribution in [0.3, 0.4) is 0 Å². The molecule has 0 unspecified atom stereocenters. The van der Waals surface area contributed by atoms with E-state index in [0.717, 1.165) is 18.8 Å². The van der Waals surface area contributed by atoms with Crippen LogP contribution < -0.4 is 4.90 Å². The first kappa shape index (κ1) is 15.8. The maximum atomic E-state index is 12.3. The van der Waals surface area contributed by atoms with Gasteiger partial charge in [0.25, 0.3) is 0 Å². The van der Waals surface area contributed by atoms with Crippen LogP contribution in [0.5, 0.6) is 0 Å². The van der Waals surface area contributed by atoms with E-state index in [-0.39, 0.29) is 0 Å². The normalized spacial score (nSPS) is 17.3. The Morgan fingerprint density at radius 1 is 1.10 bits per heavy atom. The van der Waals surface area contributed by atoms with Crippen LogP contribution in [0.1, 0.15) is 39.5 Å². The van der Waals surface area contributed by atoms with Crippen molar-refractivity contribution < 1.29 is 8.42 Å². The second-order valence-electron chi connectivity index (χ2n) is 5.61. The molecule has 0 aromatic heterocycles. The molecule has 1 saturated heterocycles. The van der Waals surface area contributed by atoms with Gasteiger partial charge < -0.3 is 4.90 Å². The van der Waals surface area contributed by atoms with E-state index in [1.165, 1.54) is 25.7 Å². The van der Waals surface area contributed by atoms with Crippen LogP contribution in [-0.2, 0) is 9.84 Å². The fourth-order valence-electron chi connectivity index (χ4n) is 2.50. The Kier molecular flexibility index (Phi) is 5.13. The van der Waals surface area contributed by atoms with Gasteiger partial charge in [0.15, 0.2) is 9.84 Å². The Hall–Kier alpha value is -0.550. The van der Waals surface area contributed by atoms with Crippen molar-refractivity contribution in [3.8, 4) is 0 Å². The topological polar surface area (TPSA) is 37.4 Å². The van der Waals surface area contributed by atoms with Crippen molar-refractivity contribution in [3.05, 3.63) is 22.7 Å². The Balaban J connectivity index is 2.30. The molecule has 3 nitrogen and oxygen atoms in total. The van der Waals surface area contributed by atoms with Crippen LogP contribution >= 0.6 is 15.9 Å². The molecule has 1 aromatic carbocycles. The monoisotopic (exact) mass is 359 g/mol. The number of nitrogens with zero attached hydrogens (tertiary/aromatic N) is 1. The van der Waals surface area contributed by atoms with E-state index < -0.39 is 15.1 Å². The smallest absolute Gasteiger partial charge is 0.181 e. The number of hydrogen-bond acceptors (Lipinski definition) is 3. The van der Waals surface area contributed by atoms with Gasteiger partial charge in [-0.25, -0.2) is 8.42 Å². The van der Waals surface area contributed by atoms with Gasteiger partial charge in [-0.1, -0.05) is 12.8 Å². The van der Waals surface area contributed by atoms with Gasteiger partial charge in [0.1, 0.15) is 0 Å². The fourth-order valence-corrected chi connectivity index (χ4v) is 4.64. The zero-order valence-electron chi connectivity index (χ0n) is 12.1. The molecule has 1 fully saturated rings. The van der Waals surface area contributed by atoms with E-state index in [9.17, 15) is 8.42 Å². The number of halogens is 1. The minimum absolute atomic E-state index is 0.395. The first-order valence-electron chi connectivity index (χ1n) is 7.21. The zero-order chi connectivity index (χ0) is 14.8. The summed E-state index contributed by atoms with van der Waals surface area (Å²) < 4.78 is 25.2. The maximum absolute atomic E-state index is 12.3. The van der Waals surface area contributed by atoms with Gasteiger partial charge in [-0.15, -0.1) is 0 Å². The number of anilines is 1. The highest BCUT2D eigenvalue weighted by Crippen LogP contribution is 2.30. The van der Waals surface area contributed by atoms with Crippen LogP contribution in [0.2, 0.25) is 0 Å². The van der Waals surface area contributed by atoms with Gasteiger partial charge in [0.2, 0.25) is 0 Å². The summed E-state index contributed by atoms with van der Waals surface area (Å²) in [5.41, 5.74) is 1.11. The third-order valence-corrected chi connectivity index (χ3v) is 6.94. The molecule has 5 heteroatoms. The summed E-state index contributed by atoms with van der Waals surface area (Å²) in [5, 5.41) is -0.400. The molecular weight excluding hydrogens is 338 g/mol. The van der Waals surface area contributed by atoms with E-state index in [1.54, 1.807) is 19.9 Å². The number of rotatable bonds is 3. The summed E-state index contributed by atoms with van der Waals surface area (Å²) in [6.45, 7) is 5.54. The van der Waals surface area contributed by atoms with Crippen LogP contribution in [0.15, 0.2) is 27.6 Å². The van der Waals surface area contributed by atoms with Crippen LogP contribution in [0.4, 0.5) is 5.69 Å². The van der Waals surface area contributed by atoms with Crippen molar-refractivity contribution in [2.75, 3.05) is 18.0 Å². The van der Waals surface area contributed by atoms with Crippen molar-refractivity contribution in [3.63, 3.8) is 0 Å². The molecule has 2 rings (SSSR count). The van der Waals surface area contributed by atoms with Crippen molar-refractivity contribution in [2.24, 2.45) is 0 Å². The minimum atomic E-state index is -3.23. The Morgan fingerprint density at radius 3 is 2.20 bits per heavy atom. The molecule has 20 heavy (non-hydrogen) atoms. The largest absolute Gasteiger partial charge is 0.372 e. The minimum Gasteiger partial charge on any atom is -0.372 e. The molecule has 112 valence electrons. The quantitative estimate of drug-likeness (QED) is 0.817. The summed E-state index contributed by atoms with van der Waals surface area (Å²) in [6.07, 6.45) is 5.00. The van der Waals surface area contributed by atoms with Gasteiger partial charge in [-0.2, -0.15) is 0 Å². The molecule has 0 bridgehead atoms. The van der Waals surface area contributed by atoms with E-state index >= 15 is 0 Å². The fraction of sp³-hybridized carbons (Fsp3) is 0.600. The lowest BCUT2D eigenvalue weighted by Gasteiger charge is -2.23. The summed E-state index contributed by atoms with van der Waals surface area (Å²) in [4.78, 5) is 2.75. The lowest BCUT2D eigenvalue weighted by molar-refractivity contribution is 0.587. The van der Waals surface area contributed by atoms with E-state index in [0.29, 0.717) is 9.37 Å². The molecule has 0 atom stereocenters. The second-order valence-corrected chi connectivity index (χ2v) is 8.94. The van der Waals surface area contributed by atoms with Crippen LogP contribution in [0, 0.1) is 0 Å². The first-order valence-corrected chi connectivity index (χ1v) is 9.55. The predicted octanol–water partition coefficient (Wildman–Crippen LogP) is 4.01. The number of hydrogen-bond donors (Lipinski definition) is 0. The van der Waals surface area contributed by atoms with Crippen molar-refractivity contribution >= 4 is 31.5 Å². The van der Waals surface area contributed by atoms with Crippen molar-refractivity contribution in [1.29, 1.82) is 0 Å². The van der Waals surface area contributed by atoms with Gasteiger partial charge in [-0.05, 0) is 60.8 Å². The van der Waals surface area contributed by atoms with Crippen molar-refractivity contribution in [1.82, 2.24) is 0 Å². The average Bonchev–Trinajstić information content (AvgIpc) is 2.66. The standard InChI is InChI=1S/C15H22BrNO2S/c1-12(2)20(18,19)15-8-7-13(11-14(15)16)17-9-5-3-4-6-10-17/h7-8,11-12H,3-6,9-10H2,1-2H3. The molecule has 1 aromatic rings. The number of benzene rings is 1. The van der Waals surface area contributed by atoms with Gasteiger partial charge >= 0.3 is 0 Å². The summed E-state index contributed by atoms with van der Waals surface area (Å²) in [6, 6.07) is 5.62. The Morgan fingerprint density at radius 2 is 1.70 bits per heavy atom. The van der Waals surface area contributed by atoms with Crippen molar-refractivity contribution in [2.45, 2.75) is 49.7 Å². The number of sulfone groups is 1. The molecule has 1 aliphatic heterocycles. The van der Waals surface area contributed by atoms with Gasteiger partial charge in [0, 0.05) is 23.2 Å². The van der Waals surface area contributed by atoms with E-state index in [4.69, 9.17) is 0 Å². The molecule has 0 saturated carbocycles. The van der Waals surface area contributed by atoms with Crippen LogP contribution in [0.25, 0.3) is 0 Å². The van der Waals surface area contributed by atoms with E-state index in [1.807, 2.05) is 12.1 Å². The first-order chi connectivity index (χ1) is 9.43. The lowest BCUT2D eigenvalue weighted by Crippen LogP contribution is -2.24. The molecule has 0 aliphatic carbocycles. The highest BCUT2D eigenvalue weighted by molar-refractivity contribution is 9.10. The molecular formula is C15H22BrNO2S. The molecule has 0 amide bonds. The SMILES string of the molecule is CC(C)S(=O)(=O)c1ccc(N2CCCCCC2)cc1Br. The van der Waals surface area contributed by atoms with E-state index in [2.05, 4.69) is 20.8 Å².